The first-order valence-corrected chi connectivity index (χ1v) is 9.39. The van der Waals surface area contributed by atoms with Gasteiger partial charge in [-0.1, -0.05) is 49.6 Å². The minimum absolute atomic E-state index is 0.00786. The molecule has 5 nitrogen and oxygen atoms in total. The summed E-state index contributed by atoms with van der Waals surface area (Å²) >= 11 is 5.43. The van der Waals surface area contributed by atoms with Crippen LogP contribution in [0.2, 0.25) is 0 Å². The number of amides is 2. The Labute approximate surface area is 155 Å². The quantitative estimate of drug-likeness (QED) is 0.731. The Hall–Kier alpha value is -1.95. The first kappa shape index (κ1) is 19.4. The number of carbonyl (C=O) groups excluding carboxylic acids is 2. The maximum atomic E-state index is 12.4. The number of carbonyl (C=O) groups is 2. The number of nitrogens with two attached hydrogens (primary N) is 1. The van der Waals surface area contributed by atoms with Crippen molar-refractivity contribution >= 4 is 29.1 Å². The van der Waals surface area contributed by atoms with E-state index in [-0.39, 0.29) is 24.2 Å². The molecule has 0 radical (unpaired) electrons. The summed E-state index contributed by atoms with van der Waals surface area (Å²) in [5, 5.41) is 3.27. The normalized spacial score (nSPS) is 14.7. The topological polar surface area (TPSA) is 75.4 Å². The first-order chi connectivity index (χ1) is 12.1. The Balaban J connectivity index is 1.91. The summed E-state index contributed by atoms with van der Waals surface area (Å²) in [7, 11) is 0. The van der Waals surface area contributed by atoms with Crippen LogP contribution in [0, 0.1) is 5.92 Å². The molecule has 3 N–H and O–H groups in total. The van der Waals surface area contributed by atoms with Crippen LogP contribution in [0.15, 0.2) is 30.3 Å². The maximum Gasteiger partial charge on any atom is 0.229 e. The van der Waals surface area contributed by atoms with E-state index in [0.29, 0.717) is 18.2 Å². The molecule has 1 aromatic rings. The van der Waals surface area contributed by atoms with E-state index >= 15 is 0 Å². The second-order valence-electron chi connectivity index (χ2n) is 6.57. The van der Waals surface area contributed by atoms with Gasteiger partial charge in [0.15, 0.2) is 5.11 Å². The Morgan fingerprint density at radius 2 is 1.80 bits per heavy atom. The Morgan fingerprint density at radius 3 is 2.44 bits per heavy atom. The zero-order chi connectivity index (χ0) is 18.1. The van der Waals surface area contributed by atoms with E-state index < -0.39 is 0 Å². The van der Waals surface area contributed by atoms with Crippen LogP contribution in [-0.2, 0) is 16.0 Å². The second-order valence-corrected chi connectivity index (χ2v) is 6.95. The van der Waals surface area contributed by atoms with Gasteiger partial charge in [0.05, 0.1) is 0 Å². The highest BCUT2D eigenvalue weighted by atomic mass is 32.1. The number of rotatable bonds is 7. The van der Waals surface area contributed by atoms with Crippen molar-refractivity contribution in [3.05, 3.63) is 35.9 Å². The van der Waals surface area contributed by atoms with Gasteiger partial charge in [-0.2, -0.15) is 0 Å². The number of primary amides is 1. The fourth-order valence-electron chi connectivity index (χ4n) is 3.12. The molecular formula is C19H27N3O2S. The third-order valence-electron chi connectivity index (χ3n) is 4.63. The summed E-state index contributed by atoms with van der Waals surface area (Å²) in [6.07, 6.45) is 6.28. The van der Waals surface area contributed by atoms with Crippen LogP contribution < -0.4 is 11.1 Å². The number of nitrogens with zero attached hydrogens (tertiary/aromatic N) is 1. The molecule has 1 fully saturated rings. The molecule has 0 spiro atoms. The lowest BCUT2D eigenvalue weighted by atomic mass is 9.89. The number of hydrogen-bond acceptors (Lipinski definition) is 3. The zero-order valence-electron chi connectivity index (χ0n) is 14.6. The summed E-state index contributed by atoms with van der Waals surface area (Å²) in [6.45, 7) is 1.06. The Kier molecular flexibility index (Phi) is 7.85. The van der Waals surface area contributed by atoms with Crippen molar-refractivity contribution < 1.29 is 9.59 Å². The molecule has 2 amide bonds. The first-order valence-electron chi connectivity index (χ1n) is 8.98. The molecule has 0 heterocycles. The third-order valence-corrected chi connectivity index (χ3v) is 4.99. The van der Waals surface area contributed by atoms with Crippen molar-refractivity contribution in [2.75, 3.05) is 13.1 Å². The van der Waals surface area contributed by atoms with E-state index in [2.05, 4.69) is 17.4 Å². The molecule has 1 aliphatic rings. The van der Waals surface area contributed by atoms with Gasteiger partial charge in [0.1, 0.15) is 0 Å². The molecule has 6 heteroatoms. The van der Waals surface area contributed by atoms with E-state index in [4.69, 9.17) is 18.0 Å². The van der Waals surface area contributed by atoms with E-state index in [0.717, 1.165) is 32.1 Å². The van der Waals surface area contributed by atoms with E-state index in [1.165, 1.54) is 12.0 Å². The van der Waals surface area contributed by atoms with Gasteiger partial charge in [-0.25, -0.2) is 0 Å². The monoisotopic (exact) mass is 361 g/mol. The lowest BCUT2D eigenvalue weighted by molar-refractivity contribution is -0.124. The van der Waals surface area contributed by atoms with Crippen molar-refractivity contribution in [3.63, 3.8) is 0 Å². The third kappa shape index (κ3) is 6.82. The van der Waals surface area contributed by atoms with Crippen LogP contribution in [0.4, 0.5) is 0 Å². The second kappa shape index (κ2) is 10.1. The van der Waals surface area contributed by atoms with Crippen LogP contribution in [-0.4, -0.2) is 34.9 Å². The van der Waals surface area contributed by atoms with Crippen molar-refractivity contribution in [2.45, 2.75) is 44.9 Å². The van der Waals surface area contributed by atoms with Gasteiger partial charge >= 0.3 is 0 Å². The van der Waals surface area contributed by atoms with Gasteiger partial charge in [0.2, 0.25) is 11.8 Å². The SMILES string of the molecule is NC(=O)CCN(CCc1ccccc1)C(=S)NC(=O)C1CCCCC1. The van der Waals surface area contributed by atoms with Gasteiger partial charge in [-0.15, -0.1) is 0 Å². The van der Waals surface area contributed by atoms with E-state index in [9.17, 15) is 9.59 Å². The van der Waals surface area contributed by atoms with Crippen LogP contribution in [0.25, 0.3) is 0 Å². The summed E-state index contributed by atoms with van der Waals surface area (Å²) in [5.74, 6) is -0.307. The fraction of sp³-hybridized carbons (Fsp3) is 0.526. The summed E-state index contributed by atoms with van der Waals surface area (Å²) in [6, 6.07) is 10.1. The van der Waals surface area contributed by atoms with Crippen molar-refractivity contribution in [3.8, 4) is 0 Å². The van der Waals surface area contributed by atoms with Crippen LogP contribution in [0.1, 0.15) is 44.1 Å². The predicted molar refractivity (Wildman–Crippen MR) is 103 cm³/mol. The van der Waals surface area contributed by atoms with Crippen molar-refractivity contribution in [1.29, 1.82) is 0 Å². The minimum Gasteiger partial charge on any atom is -0.370 e. The molecule has 25 heavy (non-hydrogen) atoms. The van der Waals surface area contributed by atoms with Crippen molar-refractivity contribution in [2.24, 2.45) is 11.7 Å². The fourth-order valence-corrected chi connectivity index (χ4v) is 3.40. The lowest BCUT2D eigenvalue weighted by Crippen LogP contribution is -2.46. The van der Waals surface area contributed by atoms with Gasteiger partial charge < -0.3 is 16.0 Å². The number of benzene rings is 1. The van der Waals surface area contributed by atoms with E-state index in [1.807, 2.05) is 23.1 Å². The smallest absolute Gasteiger partial charge is 0.229 e. The largest absolute Gasteiger partial charge is 0.370 e. The van der Waals surface area contributed by atoms with Gasteiger partial charge in [-0.3, -0.25) is 9.59 Å². The molecule has 0 aliphatic heterocycles. The Bertz CT molecular complexity index is 586. The molecular weight excluding hydrogens is 334 g/mol. The standard InChI is InChI=1S/C19H27N3O2S/c20-17(23)12-14-22(13-11-15-7-3-1-4-8-15)19(25)21-18(24)16-9-5-2-6-10-16/h1,3-4,7-8,16H,2,5-6,9-14H2,(H2,20,23)(H,21,24,25). The highest BCUT2D eigenvalue weighted by Gasteiger charge is 2.23. The summed E-state index contributed by atoms with van der Waals surface area (Å²) in [4.78, 5) is 25.4. The molecule has 0 bridgehead atoms. The molecule has 136 valence electrons. The number of nitrogens with one attached hydrogen (secondary N) is 1. The number of thiocarbonyl (C=S) groups is 1. The van der Waals surface area contributed by atoms with Crippen molar-refractivity contribution in [1.82, 2.24) is 10.2 Å². The highest BCUT2D eigenvalue weighted by Crippen LogP contribution is 2.23. The molecule has 0 aromatic heterocycles. The molecule has 1 aromatic carbocycles. The molecule has 0 atom stereocenters. The minimum atomic E-state index is -0.369. The highest BCUT2D eigenvalue weighted by molar-refractivity contribution is 7.80. The summed E-state index contributed by atoms with van der Waals surface area (Å²) in [5.41, 5.74) is 6.46. The van der Waals surface area contributed by atoms with Crippen LogP contribution in [0.5, 0.6) is 0 Å². The van der Waals surface area contributed by atoms with Gasteiger partial charge in [0.25, 0.3) is 0 Å². The van der Waals surface area contributed by atoms with Crippen LogP contribution in [0.3, 0.4) is 0 Å². The molecule has 2 rings (SSSR count). The lowest BCUT2D eigenvalue weighted by Gasteiger charge is -2.27. The average molecular weight is 362 g/mol. The average Bonchev–Trinajstić information content (AvgIpc) is 2.63. The molecule has 0 unspecified atom stereocenters. The zero-order valence-corrected chi connectivity index (χ0v) is 15.4. The molecule has 1 aliphatic carbocycles. The number of hydrogen-bond donors (Lipinski definition) is 2. The van der Waals surface area contributed by atoms with E-state index in [1.54, 1.807) is 0 Å². The molecule has 1 saturated carbocycles. The van der Waals surface area contributed by atoms with Gasteiger partial charge in [-0.05, 0) is 37.0 Å². The Morgan fingerprint density at radius 1 is 1.12 bits per heavy atom. The van der Waals surface area contributed by atoms with Gasteiger partial charge in [0, 0.05) is 25.4 Å². The summed E-state index contributed by atoms with van der Waals surface area (Å²) < 4.78 is 0. The maximum absolute atomic E-state index is 12.4. The molecule has 0 saturated heterocycles. The van der Waals surface area contributed by atoms with Crippen LogP contribution >= 0.6 is 12.2 Å². The predicted octanol–water partition coefficient (Wildman–Crippen LogP) is 2.39.